The third kappa shape index (κ3) is 2.55. The van der Waals surface area contributed by atoms with E-state index in [0.717, 1.165) is 23.9 Å². The molecule has 3 aromatic rings. The van der Waals surface area contributed by atoms with Crippen molar-refractivity contribution in [3.8, 4) is 5.75 Å². The predicted octanol–water partition coefficient (Wildman–Crippen LogP) is 4.29. The Morgan fingerprint density at radius 3 is 2.83 bits per heavy atom. The summed E-state index contributed by atoms with van der Waals surface area (Å²) in [5.41, 5.74) is 0.918. The van der Waals surface area contributed by atoms with Gasteiger partial charge in [0.1, 0.15) is 5.75 Å². The minimum absolute atomic E-state index is 0.0350. The van der Waals surface area contributed by atoms with Crippen LogP contribution in [0.25, 0.3) is 5.65 Å². The van der Waals surface area contributed by atoms with Gasteiger partial charge in [-0.2, -0.15) is 13.2 Å². The summed E-state index contributed by atoms with van der Waals surface area (Å²) >= 11 is 0. The monoisotopic (exact) mass is 333 g/mol. The van der Waals surface area contributed by atoms with E-state index in [1.165, 1.54) is 4.40 Å². The zero-order valence-corrected chi connectivity index (χ0v) is 12.5. The maximum Gasteiger partial charge on any atom is 0.434 e. The molecule has 0 unspecified atom stereocenters. The molecule has 3 heterocycles. The van der Waals surface area contributed by atoms with Gasteiger partial charge in [-0.25, -0.2) is 4.98 Å². The van der Waals surface area contributed by atoms with Crippen molar-refractivity contribution in [3.05, 3.63) is 60.0 Å². The fourth-order valence-electron chi connectivity index (χ4n) is 2.94. The van der Waals surface area contributed by atoms with E-state index in [9.17, 15) is 13.2 Å². The summed E-state index contributed by atoms with van der Waals surface area (Å²) < 4.78 is 45.7. The van der Waals surface area contributed by atoms with Crippen molar-refractivity contribution in [3.63, 3.8) is 0 Å². The van der Waals surface area contributed by atoms with E-state index in [0.29, 0.717) is 12.3 Å². The summed E-state index contributed by atoms with van der Waals surface area (Å²) in [5.74, 6) is 0.799. The van der Waals surface area contributed by atoms with Gasteiger partial charge < -0.3 is 14.5 Å². The van der Waals surface area contributed by atoms with Crippen molar-refractivity contribution < 1.29 is 17.9 Å². The molecule has 0 aliphatic carbocycles. The van der Waals surface area contributed by atoms with Crippen LogP contribution in [0.15, 0.2) is 48.8 Å². The second kappa shape index (κ2) is 5.43. The molecule has 24 heavy (non-hydrogen) atoms. The molecule has 1 aromatic carbocycles. The molecule has 0 saturated heterocycles. The largest absolute Gasteiger partial charge is 0.493 e. The van der Waals surface area contributed by atoms with Gasteiger partial charge >= 0.3 is 6.18 Å². The first kappa shape index (κ1) is 14.9. The van der Waals surface area contributed by atoms with E-state index in [1.54, 1.807) is 18.3 Å². The summed E-state index contributed by atoms with van der Waals surface area (Å²) in [6.45, 7) is 0.556. The number of benzene rings is 1. The Bertz CT molecular complexity index is 888. The number of nitrogens with zero attached hydrogens (tertiary/aromatic N) is 2. The van der Waals surface area contributed by atoms with E-state index >= 15 is 0 Å². The molecule has 0 fully saturated rings. The lowest BCUT2D eigenvalue weighted by molar-refractivity contribution is -0.140. The van der Waals surface area contributed by atoms with Crippen LogP contribution in [-0.4, -0.2) is 16.0 Å². The third-order valence-corrected chi connectivity index (χ3v) is 4.06. The van der Waals surface area contributed by atoms with E-state index in [2.05, 4.69) is 10.3 Å². The van der Waals surface area contributed by atoms with E-state index in [-0.39, 0.29) is 11.7 Å². The van der Waals surface area contributed by atoms with Gasteiger partial charge in [0.2, 0.25) is 0 Å². The number of alkyl halides is 3. The molecule has 0 radical (unpaired) electrons. The Kier molecular flexibility index (Phi) is 3.37. The minimum Gasteiger partial charge on any atom is -0.493 e. The smallest absolute Gasteiger partial charge is 0.434 e. The number of pyridine rings is 1. The molecule has 0 amide bonds. The SMILES string of the molecule is FC(F)(F)c1cn2cccc(N[C@H]3CCOc4ccccc43)c2n1. The van der Waals surface area contributed by atoms with Gasteiger partial charge in [-0.05, 0) is 18.2 Å². The molecule has 1 atom stereocenters. The lowest BCUT2D eigenvalue weighted by Crippen LogP contribution is -2.20. The highest BCUT2D eigenvalue weighted by atomic mass is 19.4. The zero-order valence-electron chi connectivity index (χ0n) is 12.5. The van der Waals surface area contributed by atoms with E-state index in [4.69, 9.17) is 4.74 Å². The van der Waals surface area contributed by atoms with Crippen LogP contribution in [0.4, 0.5) is 18.9 Å². The average molecular weight is 333 g/mol. The molecule has 124 valence electrons. The number of nitrogens with one attached hydrogen (secondary N) is 1. The summed E-state index contributed by atoms with van der Waals surface area (Å²) in [7, 11) is 0. The fourth-order valence-corrected chi connectivity index (χ4v) is 2.94. The molecule has 4 rings (SSSR count). The molecule has 1 aliphatic heterocycles. The van der Waals surface area contributed by atoms with Gasteiger partial charge in [-0.3, -0.25) is 0 Å². The first-order chi connectivity index (χ1) is 11.5. The number of ether oxygens (including phenoxy) is 1. The Labute approximate surface area is 135 Å². The molecule has 1 aliphatic rings. The summed E-state index contributed by atoms with van der Waals surface area (Å²) in [6.07, 6.45) is -1.18. The fraction of sp³-hybridized carbons (Fsp3) is 0.235. The first-order valence-corrected chi connectivity index (χ1v) is 7.55. The molecule has 0 spiro atoms. The molecule has 0 bridgehead atoms. The van der Waals surface area contributed by atoms with Crippen LogP contribution in [0.3, 0.4) is 0 Å². The molecule has 7 heteroatoms. The van der Waals surface area contributed by atoms with Crippen LogP contribution in [-0.2, 0) is 6.18 Å². The molecule has 4 nitrogen and oxygen atoms in total. The Hall–Kier alpha value is -2.70. The summed E-state index contributed by atoms with van der Waals surface area (Å²) in [6, 6.07) is 11.1. The Balaban J connectivity index is 1.72. The molecule has 0 saturated carbocycles. The number of hydrogen-bond acceptors (Lipinski definition) is 3. The van der Waals surface area contributed by atoms with E-state index in [1.807, 2.05) is 24.3 Å². The highest BCUT2D eigenvalue weighted by Gasteiger charge is 2.34. The highest BCUT2D eigenvalue weighted by Crippen LogP contribution is 2.35. The van der Waals surface area contributed by atoms with Crippen molar-refractivity contribution in [1.82, 2.24) is 9.38 Å². The summed E-state index contributed by atoms with van der Waals surface area (Å²) in [5, 5.41) is 3.31. The molecular weight excluding hydrogens is 319 g/mol. The number of fused-ring (bicyclic) bond motifs is 2. The lowest BCUT2D eigenvalue weighted by atomic mass is 10.0. The van der Waals surface area contributed by atoms with E-state index < -0.39 is 11.9 Å². The van der Waals surface area contributed by atoms with Crippen molar-refractivity contribution in [1.29, 1.82) is 0 Å². The van der Waals surface area contributed by atoms with Crippen molar-refractivity contribution >= 4 is 11.3 Å². The Morgan fingerprint density at radius 1 is 1.17 bits per heavy atom. The van der Waals surface area contributed by atoms with Crippen LogP contribution in [0.5, 0.6) is 5.75 Å². The topological polar surface area (TPSA) is 38.6 Å². The van der Waals surface area contributed by atoms with Gasteiger partial charge in [0.05, 0.1) is 18.3 Å². The number of anilines is 1. The highest BCUT2D eigenvalue weighted by molar-refractivity contribution is 5.69. The van der Waals surface area contributed by atoms with Crippen LogP contribution in [0.2, 0.25) is 0 Å². The number of halogens is 3. The predicted molar refractivity (Wildman–Crippen MR) is 83.1 cm³/mol. The van der Waals surface area contributed by atoms with Crippen molar-refractivity contribution in [2.75, 3.05) is 11.9 Å². The third-order valence-electron chi connectivity index (χ3n) is 4.06. The van der Waals surface area contributed by atoms with Crippen molar-refractivity contribution in [2.45, 2.75) is 18.6 Å². The number of imidazole rings is 1. The average Bonchev–Trinajstić information content (AvgIpc) is 3.01. The number of para-hydroxylation sites is 1. The quantitative estimate of drug-likeness (QED) is 0.760. The van der Waals surface area contributed by atoms with Gasteiger partial charge in [0, 0.05) is 24.4 Å². The molecule has 1 N–H and O–H groups in total. The summed E-state index contributed by atoms with van der Waals surface area (Å²) in [4.78, 5) is 3.75. The van der Waals surface area contributed by atoms with Crippen LogP contribution >= 0.6 is 0 Å². The molecular formula is C17H14F3N3O. The van der Waals surface area contributed by atoms with Gasteiger partial charge in [-0.15, -0.1) is 0 Å². The normalized spacial score (nSPS) is 17.4. The lowest BCUT2D eigenvalue weighted by Gasteiger charge is -2.27. The second-order valence-corrected chi connectivity index (χ2v) is 5.65. The minimum atomic E-state index is -4.46. The Morgan fingerprint density at radius 2 is 2.00 bits per heavy atom. The van der Waals surface area contributed by atoms with Crippen LogP contribution in [0.1, 0.15) is 23.7 Å². The standard InChI is InChI=1S/C17H14F3N3O/c18-17(19,20)15-10-23-8-3-5-13(16(23)22-15)21-12-7-9-24-14-6-2-1-4-11(12)14/h1-6,8,10,12,21H,7,9H2/t12-/m0/s1. The first-order valence-electron chi connectivity index (χ1n) is 7.55. The van der Waals surface area contributed by atoms with Crippen molar-refractivity contribution in [2.24, 2.45) is 0 Å². The van der Waals surface area contributed by atoms with Gasteiger partial charge in [0.25, 0.3) is 0 Å². The van der Waals surface area contributed by atoms with Crippen LogP contribution < -0.4 is 10.1 Å². The zero-order chi connectivity index (χ0) is 16.7. The number of hydrogen-bond donors (Lipinski definition) is 1. The number of aromatic nitrogens is 2. The molecule has 2 aromatic heterocycles. The van der Waals surface area contributed by atoms with Gasteiger partial charge in [0.15, 0.2) is 11.3 Å². The maximum absolute atomic E-state index is 12.9. The second-order valence-electron chi connectivity index (χ2n) is 5.65. The maximum atomic E-state index is 12.9. The van der Waals surface area contributed by atoms with Gasteiger partial charge in [-0.1, -0.05) is 18.2 Å². The number of rotatable bonds is 2. The van der Waals surface area contributed by atoms with Crippen LogP contribution in [0, 0.1) is 0 Å².